The van der Waals surface area contributed by atoms with Crippen molar-refractivity contribution >= 4 is 40.9 Å². The van der Waals surface area contributed by atoms with E-state index in [-0.39, 0.29) is 17.1 Å². The van der Waals surface area contributed by atoms with Gasteiger partial charge in [0, 0.05) is 5.75 Å². The van der Waals surface area contributed by atoms with Crippen molar-refractivity contribution < 1.29 is 14.3 Å². The number of esters is 1. The predicted molar refractivity (Wildman–Crippen MR) is 98.6 cm³/mol. The van der Waals surface area contributed by atoms with Gasteiger partial charge in [0.1, 0.15) is 0 Å². The first-order chi connectivity index (χ1) is 11.5. The van der Waals surface area contributed by atoms with Crippen LogP contribution in [0.15, 0.2) is 48.5 Å². The molecule has 0 fully saturated rings. The molecule has 4 nitrogen and oxygen atoms in total. The van der Waals surface area contributed by atoms with E-state index in [1.165, 1.54) is 18.9 Å². The van der Waals surface area contributed by atoms with E-state index < -0.39 is 0 Å². The van der Waals surface area contributed by atoms with Crippen LogP contribution in [0.5, 0.6) is 0 Å². The van der Waals surface area contributed by atoms with Crippen LogP contribution >= 0.6 is 23.4 Å². The molecule has 0 aliphatic rings. The number of carbonyl (C=O) groups is 2. The van der Waals surface area contributed by atoms with Gasteiger partial charge in [-0.05, 0) is 36.8 Å². The van der Waals surface area contributed by atoms with Gasteiger partial charge < -0.3 is 10.1 Å². The molecule has 0 spiro atoms. The average molecular weight is 364 g/mol. The molecule has 1 amide bonds. The normalized spacial score (nSPS) is 11.6. The lowest BCUT2D eigenvalue weighted by Crippen LogP contribution is -2.22. The van der Waals surface area contributed by atoms with Crippen molar-refractivity contribution in [3.8, 4) is 0 Å². The third-order valence-electron chi connectivity index (χ3n) is 3.35. The molecule has 0 aliphatic carbocycles. The Kier molecular flexibility index (Phi) is 6.70. The molecule has 126 valence electrons. The summed E-state index contributed by atoms with van der Waals surface area (Å²) in [4.78, 5) is 23.8. The van der Waals surface area contributed by atoms with E-state index >= 15 is 0 Å². The third kappa shape index (κ3) is 5.01. The highest BCUT2D eigenvalue weighted by molar-refractivity contribution is 7.99. The molecular weight excluding hydrogens is 346 g/mol. The summed E-state index contributed by atoms with van der Waals surface area (Å²) in [7, 11) is 1.35. The maximum absolute atomic E-state index is 12.2. The molecule has 0 heterocycles. The third-order valence-corrected chi connectivity index (χ3v) is 4.89. The number of para-hydroxylation sites is 1. The summed E-state index contributed by atoms with van der Waals surface area (Å²) in [5.41, 5.74) is 2.06. The first-order valence-corrected chi connectivity index (χ1v) is 8.78. The number of halogens is 1. The first kappa shape index (κ1) is 18.4. The Labute approximate surface area is 150 Å². The van der Waals surface area contributed by atoms with Crippen molar-refractivity contribution in [3.05, 3.63) is 64.7 Å². The molecule has 6 heteroatoms. The Balaban J connectivity index is 1.93. The highest BCUT2D eigenvalue weighted by Gasteiger charge is 2.15. The smallest absolute Gasteiger partial charge is 0.337 e. The zero-order valence-electron chi connectivity index (χ0n) is 13.4. The molecule has 2 aromatic rings. The SMILES string of the molecule is COC(=O)c1cccc(CSC(C)C(=O)Nc2ccccc2Cl)c1. The summed E-state index contributed by atoms with van der Waals surface area (Å²) in [6, 6.07) is 14.3. The summed E-state index contributed by atoms with van der Waals surface area (Å²) in [6.45, 7) is 1.83. The van der Waals surface area contributed by atoms with Crippen LogP contribution in [-0.2, 0) is 15.3 Å². The number of thioether (sulfide) groups is 1. The Hall–Kier alpha value is -1.98. The maximum atomic E-state index is 12.2. The summed E-state index contributed by atoms with van der Waals surface area (Å²) >= 11 is 7.52. The molecule has 1 unspecified atom stereocenters. The van der Waals surface area contributed by atoms with Crippen LogP contribution in [0, 0.1) is 0 Å². The second kappa shape index (κ2) is 8.76. The van der Waals surface area contributed by atoms with Crippen molar-refractivity contribution in [2.24, 2.45) is 0 Å². The maximum Gasteiger partial charge on any atom is 0.337 e. The molecule has 2 rings (SSSR count). The summed E-state index contributed by atoms with van der Waals surface area (Å²) in [5.74, 6) is 0.130. The Morgan fingerprint density at radius 3 is 2.67 bits per heavy atom. The minimum absolute atomic E-state index is 0.114. The number of amides is 1. The van der Waals surface area contributed by atoms with Gasteiger partial charge >= 0.3 is 5.97 Å². The quantitative estimate of drug-likeness (QED) is 0.773. The molecule has 0 bridgehead atoms. The molecule has 0 saturated carbocycles. The lowest BCUT2D eigenvalue weighted by molar-refractivity contribution is -0.115. The lowest BCUT2D eigenvalue weighted by Gasteiger charge is -2.13. The molecule has 1 N–H and O–H groups in total. The minimum atomic E-state index is -0.369. The zero-order chi connectivity index (χ0) is 17.5. The molecule has 0 radical (unpaired) electrons. The molecule has 2 aromatic carbocycles. The number of anilines is 1. The van der Waals surface area contributed by atoms with Gasteiger partial charge in [-0.25, -0.2) is 4.79 Å². The molecule has 0 aliphatic heterocycles. The molecular formula is C18H18ClNO3S. The number of ether oxygens (including phenoxy) is 1. The van der Waals surface area contributed by atoms with Gasteiger partial charge in [0.2, 0.25) is 5.91 Å². The monoisotopic (exact) mass is 363 g/mol. The number of rotatable bonds is 6. The second-order valence-corrected chi connectivity index (χ2v) is 6.85. The zero-order valence-corrected chi connectivity index (χ0v) is 15.0. The molecule has 24 heavy (non-hydrogen) atoms. The van der Waals surface area contributed by atoms with E-state index in [1.54, 1.807) is 30.3 Å². The van der Waals surface area contributed by atoms with Gasteiger partial charge in [-0.2, -0.15) is 0 Å². The number of nitrogens with one attached hydrogen (secondary N) is 1. The van der Waals surface area contributed by atoms with Crippen molar-refractivity contribution in [2.45, 2.75) is 17.9 Å². The highest BCUT2D eigenvalue weighted by atomic mass is 35.5. The van der Waals surface area contributed by atoms with E-state index in [0.717, 1.165) is 5.56 Å². The lowest BCUT2D eigenvalue weighted by atomic mass is 10.1. The van der Waals surface area contributed by atoms with Crippen LogP contribution in [0.2, 0.25) is 5.02 Å². The fourth-order valence-electron chi connectivity index (χ4n) is 2.00. The van der Waals surface area contributed by atoms with Gasteiger partial charge in [0.05, 0.1) is 28.6 Å². The summed E-state index contributed by atoms with van der Waals surface area (Å²) < 4.78 is 4.71. The summed E-state index contributed by atoms with van der Waals surface area (Å²) in [5, 5.41) is 3.07. The van der Waals surface area contributed by atoms with Gasteiger partial charge in [0.25, 0.3) is 0 Å². The average Bonchev–Trinajstić information content (AvgIpc) is 2.61. The van der Waals surface area contributed by atoms with Gasteiger partial charge in [-0.3, -0.25) is 4.79 Å². The van der Waals surface area contributed by atoms with Crippen molar-refractivity contribution in [1.29, 1.82) is 0 Å². The highest BCUT2D eigenvalue weighted by Crippen LogP contribution is 2.23. The van der Waals surface area contributed by atoms with E-state index in [1.807, 2.05) is 25.1 Å². The van der Waals surface area contributed by atoms with E-state index in [0.29, 0.717) is 22.0 Å². The molecule has 1 atom stereocenters. The molecule has 0 aromatic heterocycles. The number of carbonyl (C=O) groups excluding carboxylic acids is 2. The van der Waals surface area contributed by atoms with Crippen LogP contribution in [0.1, 0.15) is 22.8 Å². The van der Waals surface area contributed by atoms with Gasteiger partial charge in [-0.15, -0.1) is 11.8 Å². The van der Waals surface area contributed by atoms with Crippen LogP contribution in [0.4, 0.5) is 5.69 Å². The largest absolute Gasteiger partial charge is 0.465 e. The first-order valence-electron chi connectivity index (χ1n) is 7.35. The van der Waals surface area contributed by atoms with E-state index in [4.69, 9.17) is 16.3 Å². The topological polar surface area (TPSA) is 55.4 Å². The minimum Gasteiger partial charge on any atom is -0.465 e. The van der Waals surface area contributed by atoms with E-state index in [9.17, 15) is 9.59 Å². The molecule has 0 saturated heterocycles. The fraction of sp³-hybridized carbons (Fsp3) is 0.222. The number of hydrogen-bond donors (Lipinski definition) is 1. The van der Waals surface area contributed by atoms with Crippen LogP contribution < -0.4 is 5.32 Å². The Morgan fingerprint density at radius 1 is 1.21 bits per heavy atom. The number of benzene rings is 2. The standard InChI is InChI=1S/C18H18ClNO3S/c1-12(17(21)20-16-9-4-3-8-15(16)19)24-11-13-6-5-7-14(10-13)18(22)23-2/h3-10,12H,11H2,1-2H3,(H,20,21). The van der Waals surface area contributed by atoms with Gasteiger partial charge in [-0.1, -0.05) is 35.9 Å². The van der Waals surface area contributed by atoms with Crippen LogP contribution in [0.3, 0.4) is 0 Å². The number of hydrogen-bond acceptors (Lipinski definition) is 4. The Morgan fingerprint density at radius 2 is 1.96 bits per heavy atom. The van der Waals surface area contributed by atoms with Crippen molar-refractivity contribution in [1.82, 2.24) is 0 Å². The number of methoxy groups -OCH3 is 1. The predicted octanol–water partition coefficient (Wildman–Crippen LogP) is 4.39. The van der Waals surface area contributed by atoms with Crippen molar-refractivity contribution in [2.75, 3.05) is 12.4 Å². The van der Waals surface area contributed by atoms with Crippen molar-refractivity contribution in [3.63, 3.8) is 0 Å². The second-order valence-electron chi connectivity index (χ2n) is 5.11. The van der Waals surface area contributed by atoms with E-state index in [2.05, 4.69) is 5.32 Å². The Bertz CT molecular complexity index is 736. The summed E-state index contributed by atoms with van der Waals surface area (Å²) in [6.07, 6.45) is 0. The van der Waals surface area contributed by atoms with Gasteiger partial charge in [0.15, 0.2) is 0 Å². The van der Waals surface area contributed by atoms with Crippen LogP contribution in [-0.4, -0.2) is 24.2 Å². The fourth-order valence-corrected chi connectivity index (χ4v) is 3.02. The van der Waals surface area contributed by atoms with Crippen LogP contribution in [0.25, 0.3) is 0 Å².